The number of fused-ring (bicyclic) bond motifs is 1. The fraction of sp³-hybridized carbons (Fsp3) is 0.462. The van der Waals surface area contributed by atoms with Gasteiger partial charge in [-0.3, -0.25) is 9.59 Å². The van der Waals surface area contributed by atoms with E-state index in [1.54, 1.807) is 18.1 Å². The third-order valence-electron chi connectivity index (χ3n) is 6.66. The van der Waals surface area contributed by atoms with Crippen molar-refractivity contribution in [3.8, 4) is 11.5 Å². The van der Waals surface area contributed by atoms with Crippen LogP contribution in [0.3, 0.4) is 0 Å². The maximum absolute atomic E-state index is 13.5. The van der Waals surface area contributed by atoms with E-state index in [0.717, 1.165) is 30.7 Å². The van der Waals surface area contributed by atoms with Crippen molar-refractivity contribution in [2.45, 2.75) is 25.1 Å². The Morgan fingerprint density at radius 3 is 2.71 bits per heavy atom. The largest absolute Gasteiger partial charge is 0.493 e. The van der Waals surface area contributed by atoms with E-state index in [4.69, 9.17) is 18.9 Å². The third kappa shape index (κ3) is 5.06. The first-order valence-corrected chi connectivity index (χ1v) is 12.1. The van der Waals surface area contributed by atoms with Gasteiger partial charge < -0.3 is 34.1 Å². The number of morpholine rings is 1. The molecule has 186 valence electrons. The monoisotopic (exact) mass is 481 g/mol. The van der Waals surface area contributed by atoms with Crippen molar-refractivity contribution in [1.29, 1.82) is 0 Å². The van der Waals surface area contributed by atoms with Gasteiger partial charge in [0.1, 0.15) is 6.17 Å². The highest BCUT2D eigenvalue weighted by Gasteiger charge is 2.35. The van der Waals surface area contributed by atoms with Crippen LogP contribution in [0.5, 0.6) is 11.5 Å². The number of methoxy groups -OCH3 is 1. The van der Waals surface area contributed by atoms with E-state index in [1.165, 1.54) is 0 Å². The molecular weight excluding hydrogens is 450 g/mol. The first-order valence-electron chi connectivity index (χ1n) is 12.1. The predicted octanol–water partition coefficient (Wildman–Crippen LogP) is 2.68. The van der Waals surface area contributed by atoms with Crippen LogP contribution in [0.4, 0.5) is 5.69 Å². The Kier molecular flexibility index (Phi) is 7.06. The van der Waals surface area contributed by atoms with Gasteiger partial charge in [-0.25, -0.2) is 0 Å². The number of ether oxygens (including phenoxy) is 4. The van der Waals surface area contributed by atoms with Gasteiger partial charge >= 0.3 is 0 Å². The number of hydrogen-bond acceptors (Lipinski definition) is 7. The highest BCUT2D eigenvalue weighted by molar-refractivity contribution is 6.01. The minimum atomic E-state index is -0.389. The summed E-state index contributed by atoms with van der Waals surface area (Å²) in [5, 5.41) is 3.51. The van der Waals surface area contributed by atoms with E-state index in [1.807, 2.05) is 41.3 Å². The van der Waals surface area contributed by atoms with Crippen molar-refractivity contribution in [2.24, 2.45) is 0 Å². The van der Waals surface area contributed by atoms with Crippen LogP contribution >= 0.6 is 0 Å². The van der Waals surface area contributed by atoms with Crippen LogP contribution in [0.25, 0.3) is 0 Å². The molecular formula is C26H31N3O6. The standard InChI is InChI=1S/C26H31N3O6/c1-32-23-15-18(8-9-22(23)35-17-24(30)28-10-13-33-14-11-28)25-27-21-7-3-2-6-20(21)26(31)29(25)16-19-5-4-12-34-19/h2-3,6-9,15,19,25,27H,4-5,10-14,16-17H2,1H3. The van der Waals surface area contributed by atoms with E-state index < -0.39 is 0 Å². The SMILES string of the molecule is COc1cc(C2Nc3ccccc3C(=O)N2CC2CCCO2)ccc1OCC(=O)N1CCOCC1. The summed E-state index contributed by atoms with van der Waals surface area (Å²) in [5.74, 6) is 0.863. The van der Waals surface area contributed by atoms with Gasteiger partial charge in [0.05, 0.1) is 32.0 Å². The number of anilines is 1. The zero-order chi connectivity index (χ0) is 24.2. The summed E-state index contributed by atoms with van der Waals surface area (Å²) in [7, 11) is 1.56. The molecule has 2 saturated heterocycles. The van der Waals surface area contributed by atoms with Gasteiger partial charge in [0.15, 0.2) is 18.1 Å². The van der Waals surface area contributed by atoms with Crippen molar-refractivity contribution < 1.29 is 28.5 Å². The number of carbonyl (C=O) groups is 2. The lowest BCUT2D eigenvalue weighted by molar-refractivity contribution is -0.137. The maximum atomic E-state index is 13.5. The molecule has 3 aliphatic rings. The first-order chi connectivity index (χ1) is 17.1. The highest BCUT2D eigenvalue weighted by atomic mass is 16.5. The molecule has 0 aliphatic carbocycles. The van der Waals surface area contributed by atoms with Gasteiger partial charge in [0.2, 0.25) is 0 Å². The lowest BCUT2D eigenvalue weighted by atomic mass is 10.0. The van der Waals surface area contributed by atoms with Gasteiger partial charge in [0.25, 0.3) is 11.8 Å². The molecule has 9 nitrogen and oxygen atoms in total. The quantitative estimate of drug-likeness (QED) is 0.650. The van der Waals surface area contributed by atoms with E-state index in [2.05, 4.69) is 5.32 Å². The number of nitrogens with zero attached hydrogens (tertiary/aromatic N) is 2. The second-order valence-corrected chi connectivity index (χ2v) is 8.88. The molecule has 2 fully saturated rings. The van der Waals surface area contributed by atoms with Gasteiger partial charge in [-0.05, 0) is 42.7 Å². The molecule has 2 amide bonds. The summed E-state index contributed by atoms with van der Waals surface area (Å²) in [6.07, 6.45) is 1.57. The average Bonchev–Trinajstić information content (AvgIpc) is 3.42. The molecule has 3 aliphatic heterocycles. The topological polar surface area (TPSA) is 89.6 Å². The van der Waals surface area contributed by atoms with Crippen LogP contribution in [0.1, 0.15) is 34.9 Å². The Morgan fingerprint density at radius 1 is 1.11 bits per heavy atom. The van der Waals surface area contributed by atoms with E-state index >= 15 is 0 Å². The van der Waals surface area contributed by atoms with Crippen LogP contribution in [-0.4, -0.2) is 80.9 Å². The molecule has 2 unspecified atom stereocenters. The number of nitrogens with one attached hydrogen (secondary N) is 1. The fourth-order valence-electron chi connectivity index (χ4n) is 4.77. The molecule has 1 N–H and O–H groups in total. The Labute approximate surface area is 204 Å². The Morgan fingerprint density at radius 2 is 1.94 bits per heavy atom. The molecule has 3 heterocycles. The number of para-hydroxylation sites is 1. The highest BCUT2D eigenvalue weighted by Crippen LogP contribution is 2.37. The molecule has 5 rings (SSSR count). The van der Waals surface area contributed by atoms with E-state index in [9.17, 15) is 9.59 Å². The molecule has 0 spiro atoms. The van der Waals surface area contributed by atoms with E-state index in [-0.39, 0.29) is 30.7 Å². The maximum Gasteiger partial charge on any atom is 0.260 e. The minimum absolute atomic E-state index is 0.0178. The lowest BCUT2D eigenvalue weighted by Gasteiger charge is -2.39. The van der Waals surface area contributed by atoms with Crippen molar-refractivity contribution in [3.05, 3.63) is 53.6 Å². The van der Waals surface area contributed by atoms with Crippen LogP contribution in [0.2, 0.25) is 0 Å². The molecule has 0 saturated carbocycles. The molecule has 0 radical (unpaired) electrons. The minimum Gasteiger partial charge on any atom is -0.493 e. The summed E-state index contributed by atoms with van der Waals surface area (Å²) in [4.78, 5) is 29.5. The zero-order valence-electron chi connectivity index (χ0n) is 19.9. The number of hydrogen-bond donors (Lipinski definition) is 1. The summed E-state index contributed by atoms with van der Waals surface area (Å²) >= 11 is 0. The average molecular weight is 482 g/mol. The van der Waals surface area contributed by atoms with Crippen LogP contribution in [0.15, 0.2) is 42.5 Å². The van der Waals surface area contributed by atoms with Crippen molar-refractivity contribution in [3.63, 3.8) is 0 Å². The van der Waals surface area contributed by atoms with Crippen LogP contribution in [0, 0.1) is 0 Å². The molecule has 0 aromatic heterocycles. The Balaban J connectivity index is 1.36. The fourth-order valence-corrected chi connectivity index (χ4v) is 4.77. The number of carbonyl (C=O) groups excluding carboxylic acids is 2. The number of amides is 2. The lowest BCUT2D eigenvalue weighted by Crippen LogP contribution is -2.46. The Bertz CT molecular complexity index is 1060. The molecule has 2 aromatic rings. The summed E-state index contributed by atoms with van der Waals surface area (Å²) in [5.41, 5.74) is 2.30. The van der Waals surface area contributed by atoms with Gasteiger partial charge in [-0.1, -0.05) is 18.2 Å². The second kappa shape index (κ2) is 10.5. The van der Waals surface area contributed by atoms with Crippen molar-refractivity contribution in [2.75, 3.05) is 58.5 Å². The molecule has 9 heteroatoms. The molecule has 0 bridgehead atoms. The number of benzene rings is 2. The Hall–Kier alpha value is -3.30. The van der Waals surface area contributed by atoms with Crippen LogP contribution < -0.4 is 14.8 Å². The molecule has 2 aromatic carbocycles. The van der Waals surface area contributed by atoms with Gasteiger partial charge in [0, 0.05) is 31.9 Å². The first kappa shape index (κ1) is 23.4. The summed E-state index contributed by atoms with van der Waals surface area (Å²) in [6.45, 7) is 3.38. The van der Waals surface area contributed by atoms with E-state index in [0.29, 0.717) is 49.9 Å². The normalized spacial score (nSPS) is 21.9. The molecule has 35 heavy (non-hydrogen) atoms. The predicted molar refractivity (Wildman–Crippen MR) is 129 cm³/mol. The van der Waals surface area contributed by atoms with Crippen molar-refractivity contribution >= 4 is 17.5 Å². The van der Waals surface area contributed by atoms with Gasteiger partial charge in [-0.2, -0.15) is 0 Å². The summed E-state index contributed by atoms with van der Waals surface area (Å²) in [6, 6.07) is 13.1. The zero-order valence-corrected chi connectivity index (χ0v) is 19.9. The number of rotatable bonds is 7. The smallest absolute Gasteiger partial charge is 0.260 e. The van der Waals surface area contributed by atoms with Gasteiger partial charge in [-0.15, -0.1) is 0 Å². The third-order valence-corrected chi connectivity index (χ3v) is 6.66. The summed E-state index contributed by atoms with van der Waals surface area (Å²) < 4.78 is 22.6. The van der Waals surface area contributed by atoms with Crippen molar-refractivity contribution in [1.82, 2.24) is 9.80 Å². The second-order valence-electron chi connectivity index (χ2n) is 8.88. The van der Waals surface area contributed by atoms with Crippen LogP contribution in [-0.2, 0) is 14.3 Å². The molecule has 2 atom stereocenters.